The van der Waals surface area contributed by atoms with Crippen LogP contribution >= 0.6 is 7.26 Å². The molecule has 3 aromatic rings. The van der Waals surface area contributed by atoms with Gasteiger partial charge in [-0.25, -0.2) is 4.79 Å². The van der Waals surface area contributed by atoms with Crippen molar-refractivity contribution < 1.29 is 50.3 Å². The fourth-order valence-electron chi connectivity index (χ4n) is 11.7. The summed E-state index contributed by atoms with van der Waals surface area (Å²) in [4.78, 5) is 26.5. The maximum atomic E-state index is 13.9. The molecule has 7 aliphatic rings. The first-order chi connectivity index (χ1) is 25.2. The zero-order valence-electron chi connectivity index (χ0n) is 30.7. The van der Waals surface area contributed by atoms with Crippen LogP contribution in [0.3, 0.4) is 0 Å². The Hall–Kier alpha value is -2.87. The molecule has 9 atom stereocenters. The number of benzene rings is 3. The molecule has 0 unspecified atom stereocenters. The zero-order chi connectivity index (χ0) is 35.5. The number of fused-ring (bicyclic) bond motifs is 4. The van der Waals surface area contributed by atoms with Crippen molar-refractivity contribution in [2.24, 2.45) is 17.3 Å². The van der Waals surface area contributed by atoms with Gasteiger partial charge >= 0.3 is 11.9 Å². The number of carbonyl (C=O) groups excluding carboxylic acids is 2. The monoisotopic (exact) mass is 798 g/mol. The van der Waals surface area contributed by atoms with Crippen molar-refractivity contribution in [1.29, 1.82) is 0 Å². The van der Waals surface area contributed by atoms with Crippen molar-refractivity contribution in [2.75, 3.05) is 12.8 Å². The Kier molecular flexibility index (Phi) is 8.50. The van der Waals surface area contributed by atoms with E-state index >= 15 is 0 Å². The van der Waals surface area contributed by atoms with Crippen molar-refractivity contribution in [3.05, 3.63) is 102 Å². The predicted molar refractivity (Wildman–Crippen MR) is 199 cm³/mol. The minimum absolute atomic E-state index is 0. The number of carbonyl (C=O) groups is 2. The van der Waals surface area contributed by atoms with Crippen LogP contribution in [0.2, 0.25) is 0 Å². The topological polar surface area (TPSA) is 90.2 Å². The molecule has 5 fully saturated rings. The normalized spacial score (nSPS) is 36.8. The predicted octanol–water partition coefficient (Wildman–Crippen LogP) is 3.21. The van der Waals surface area contributed by atoms with E-state index in [1.54, 1.807) is 0 Å². The van der Waals surface area contributed by atoms with Gasteiger partial charge in [0.1, 0.15) is 53.2 Å². The molecule has 3 aromatic carbocycles. The van der Waals surface area contributed by atoms with Gasteiger partial charge in [0.25, 0.3) is 0 Å². The molecule has 278 valence electrons. The smallest absolute Gasteiger partial charge is 0.334 e. The molecular formula is C44H48BrO7P. The van der Waals surface area contributed by atoms with E-state index in [1.165, 1.54) is 15.9 Å². The van der Waals surface area contributed by atoms with Crippen LogP contribution in [-0.2, 0) is 33.3 Å². The van der Waals surface area contributed by atoms with Gasteiger partial charge in [0.15, 0.2) is 11.7 Å². The molecule has 4 aliphatic heterocycles. The number of rotatable bonds is 11. The minimum Gasteiger partial charge on any atom is -1.00 e. The third kappa shape index (κ3) is 4.72. The van der Waals surface area contributed by atoms with Crippen LogP contribution in [0.4, 0.5) is 0 Å². The summed E-state index contributed by atoms with van der Waals surface area (Å²) in [7, 11) is -1.91. The van der Waals surface area contributed by atoms with E-state index in [0.29, 0.717) is 19.4 Å². The van der Waals surface area contributed by atoms with Gasteiger partial charge < -0.3 is 40.7 Å². The highest BCUT2D eigenvalue weighted by molar-refractivity contribution is 7.95. The molecule has 10 rings (SSSR count). The molecule has 53 heavy (non-hydrogen) atoms. The largest absolute Gasteiger partial charge is 1.00 e. The lowest BCUT2D eigenvalue weighted by Crippen LogP contribution is -3.00. The molecule has 3 aliphatic carbocycles. The van der Waals surface area contributed by atoms with Gasteiger partial charge in [0.2, 0.25) is 0 Å². The fourth-order valence-corrected chi connectivity index (χ4v) is 16.1. The third-order valence-electron chi connectivity index (χ3n) is 14.3. The van der Waals surface area contributed by atoms with Gasteiger partial charge in [0, 0.05) is 17.4 Å². The number of unbranched alkanes of at least 4 members (excludes halogenated alkanes) is 2. The van der Waals surface area contributed by atoms with Gasteiger partial charge in [-0.2, -0.15) is 0 Å². The first-order valence-corrected chi connectivity index (χ1v) is 21.4. The van der Waals surface area contributed by atoms with Gasteiger partial charge in [-0.15, -0.1) is 0 Å². The highest BCUT2D eigenvalue weighted by Gasteiger charge is 3.01. The van der Waals surface area contributed by atoms with Crippen molar-refractivity contribution in [3.8, 4) is 0 Å². The molecule has 0 amide bonds. The molecule has 3 saturated heterocycles. The molecule has 0 aromatic heterocycles. The van der Waals surface area contributed by atoms with Gasteiger partial charge in [-0.3, -0.25) is 4.79 Å². The molecule has 0 radical (unpaired) electrons. The number of cyclic esters (lactones) is 1. The standard InChI is InChI=1S/C44H48O7P.BrH/c1-28(2)42-37(50-42)38-44(51-38)41(3)24-23-32-33(27-47-39(32)46)34(41)26-35-43(44,49-35)40(42)48-36(45)22-14-7-15-25-52(29-16-8-4-9-17-29,30-18-10-5-11-19-30)31-20-12-6-13-21-31;/h4-6,8-13,16-21,28,34-35,37-38,40H,7,14-15,22-27H2,1-3H3;1H/q+1;/p-1/t34-,35-,37-,38-,40+,41-,42-,43+,44+;/m0./s1. The molecule has 2 saturated carbocycles. The molecule has 2 spiro atoms. The Morgan fingerprint density at radius 3 is 2.08 bits per heavy atom. The summed E-state index contributed by atoms with van der Waals surface area (Å²) in [6.45, 7) is 7.02. The average Bonchev–Trinajstić information content (AvgIpc) is 4.10. The van der Waals surface area contributed by atoms with E-state index in [2.05, 4.69) is 112 Å². The van der Waals surface area contributed by atoms with E-state index in [-0.39, 0.29) is 64.5 Å². The van der Waals surface area contributed by atoms with Crippen molar-refractivity contribution in [3.63, 3.8) is 0 Å². The highest BCUT2D eigenvalue weighted by atomic mass is 79.9. The van der Waals surface area contributed by atoms with Crippen molar-refractivity contribution in [1.82, 2.24) is 0 Å². The van der Waals surface area contributed by atoms with Crippen LogP contribution < -0.4 is 32.9 Å². The Morgan fingerprint density at radius 2 is 1.47 bits per heavy atom. The molecule has 9 heteroatoms. The van der Waals surface area contributed by atoms with Gasteiger partial charge in [0.05, 0.1) is 12.3 Å². The molecule has 0 bridgehead atoms. The Morgan fingerprint density at radius 1 is 0.849 bits per heavy atom. The van der Waals surface area contributed by atoms with Crippen LogP contribution in [0.1, 0.15) is 65.7 Å². The summed E-state index contributed by atoms with van der Waals surface area (Å²) in [5, 5.41) is 4.16. The Bertz CT molecular complexity index is 1860. The molecule has 0 N–H and O–H groups in total. The Balaban J connectivity index is 0.00000372. The van der Waals surface area contributed by atoms with E-state index in [4.69, 9.17) is 23.7 Å². The van der Waals surface area contributed by atoms with Crippen LogP contribution in [0.15, 0.2) is 102 Å². The summed E-state index contributed by atoms with van der Waals surface area (Å²) < 4.78 is 32.5. The average molecular weight is 800 g/mol. The lowest BCUT2D eigenvalue weighted by Gasteiger charge is -2.53. The van der Waals surface area contributed by atoms with Crippen LogP contribution in [0, 0.1) is 17.3 Å². The highest BCUT2D eigenvalue weighted by Crippen LogP contribution is 2.83. The van der Waals surface area contributed by atoms with Crippen LogP contribution in [-0.4, -0.2) is 65.9 Å². The molecular weight excluding hydrogens is 751 g/mol. The minimum atomic E-state index is -1.91. The van der Waals surface area contributed by atoms with Crippen LogP contribution in [0.5, 0.6) is 0 Å². The number of epoxide rings is 3. The van der Waals surface area contributed by atoms with E-state index in [1.807, 2.05) is 0 Å². The summed E-state index contributed by atoms with van der Waals surface area (Å²) in [5.41, 5.74) is -0.184. The SMILES string of the molecule is CC(C)[C@]12O[C@H]1[C@@H]1O[C@]13[C@]1(O[C@H]1C[C@H]1C4=C(CC[C@@]13C)C(=O)OC4)[C@@H]2OC(=O)CCCCC[P+](c1ccccc1)(c1ccccc1)c1ccccc1.[Br-]. The van der Waals surface area contributed by atoms with E-state index in [0.717, 1.165) is 49.4 Å². The first-order valence-electron chi connectivity index (χ1n) is 19.4. The number of hydrogen-bond donors (Lipinski definition) is 0. The lowest BCUT2D eigenvalue weighted by molar-refractivity contribution is -0.169. The Labute approximate surface area is 323 Å². The maximum absolute atomic E-state index is 13.9. The second-order valence-corrected chi connectivity index (χ2v) is 20.3. The number of hydrogen-bond acceptors (Lipinski definition) is 7. The van der Waals surface area contributed by atoms with Crippen molar-refractivity contribution in [2.45, 2.75) is 107 Å². The maximum Gasteiger partial charge on any atom is 0.334 e. The summed E-state index contributed by atoms with van der Waals surface area (Å²) >= 11 is 0. The summed E-state index contributed by atoms with van der Waals surface area (Å²) in [6, 6.07) is 33.0. The summed E-state index contributed by atoms with van der Waals surface area (Å²) in [6.07, 6.45) is 5.52. The summed E-state index contributed by atoms with van der Waals surface area (Å²) in [5.74, 6) is -0.0607. The third-order valence-corrected chi connectivity index (χ3v) is 18.8. The number of halogens is 1. The first kappa shape index (κ1) is 35.8. The van der Waals surface area contributed by atoms with Gasteiger partial charge in [-0.1, -0.05) is 75.4 Å². The van der Waals surface area contributed by atoms with Crippen molar-refractivity contribution >= 4 is 35.1 Å². The van der Waals surface area contributed by atoms with Crippen LogP contribution in [0.25, 0.3) is 0 Å². The fraction of sp³-hybridized carbons (Fsp3) is 0.500. The second-order valence-electron chi connectivity index (χ2n) is 16.7. The molecule has 7 nitrogen and oxygen atoms in total. The number of ether oxygens (including phenoxy) is 5. The second kappa shape index (κ2) is 12.6. The van der Waals surface area contributed by atoms with Gasteiger partial charge in [-0.05, 0) is 92.3 Å². The van der Waals surface area contributed by atoms with E-state index in [9.17, 15) is 9.59 Å². The quantitative estimate of drug-likeness (QED) is 0.128. The lowest BCUT2D eigenvalue weighted by atomic mass is 9.46. The molecule has 4 heterocycles. The number of esters is 2. The van der Waals surface area contributed by atoms with E-state index < -0.39 is 30.2 Å². The zero-order valence-corrected chi connectivity index (χ0v) is 33.2.